The second kappa shape index (κ2) is 2.63. The topological polar surface area (TPSA) is 29.1 Å². The first-order valence-electron chi connectivity index (χ1n) is 4.12. The van der Waals surface area contributed by atoms with Crippen molar-refractivity contribution in [3.63, 3.8) is 0 Å². The van der Waals surface area contributed by atoms with Crippen LogP contribution in [0, 0.1) is 6.92 Å². The van der Waals surface area contributed by atoms with Crippen LogP contribution >= 0.6 is 0 Å². The molecule has 1 aliphatic rings. The molecule has 12 heavy (non-hydrogen) atoms. The quantitative estimate of drug-likeness (QED) is 0.616. The van der Waals surface area contributed by atoms with E-state index < -0.39 is 0 Å². The Morgan fingerprint density at radius 3 is 2.67 bits per heavy atom. The number of hydrogen-bond donors (Lipinski definition) is 1. The molecule has 2 rings (SSSR count). The van der Waals surface area contributed by atoms with Crippen LogP contribution in [0.1, 0.15) is 17.0 Å². The molecule has 2 heteroatoms. The first kappa shape index (κ1) is 7.35. The minimum atomic E-state index is 0.103. The molecule has 0 spiro atoms. The summed E-state index contributed by atoms with van der Waals surface area (Å²) in [6, 6.07) is 8.04. The van der Waals surface area contributed by atoms with Gasteiger partial charge in [-0.25, -0.2) is 0 Å². The predicted octanol–water partition coefficient (Wildman–Crippen LogP) is 1.21. The molecule has 2 nitrogen and oxygen atoms in total. The minimum absolute atomic E-state index is 0.103. The molecule has 1 atom stereocenters. The van der Waals surface area contributed by atoms with Gasteiger partial charge in [0.15, 0.2) is 0 Å². The molecule has 0 aliphatic carbocycles. The fraction of sp³-hybridized carbons (Fsp3) is 0.300. The molecular weight excluding hydrogens is 150 g/mol. The van der Waals surface area contributed by atoms with Crippen LogP contribution in [-0.2, 0) is 4.79 Å². The summed E-state index contributed by atoms with van der Waals surface area (Å²) in [5.41, 5.74) is 2.37. The molecule has 62 valence electrons. The predicted molar refractivity (Wildman–Crippen MR) is 46.9 cm³/mol. The summed E-state index contributed by atoms with van der Waals surface area (Å²) in [5.74, 6) is 0.260. The number of nitrogens with one attached hydrogen (secondary N) is 1. The van der Waals surface area contributed by atoms with Crippen LogP contribution in [0.25, 0.3) is 0 Å². The van der Waals surface area contributed by atoms with Crippen molar-refractivity contribution in [2.75, 3.05) is 6.54 Å². The lowest BCUT2D eigenvalue weighted by Crippen LogP contribution is -2.46. The third-order valence-electron chi connectivity index (χ3n) is 2.36. The smallest absolute Gasteiger partial charge is 0.229 e. The zero-order chi connectivity index (χ0) is 8.55. The van der Waals surface area contributed by atoms with Crippen LogP contribution in [0.5, 0.6) is 0 Å². The van der Waals surface area contributed by atoms with Crippen molar-refractivity contribution < 1.29 is 4.79 Å². The van der Waals surface area contributed by atoms with E-state index >= 15 is 0 Å². The number of β-lactam (4-membered cyclic amide) rings is 1. The lowest BCUT2D eigenvalue weighted by Gasteiger charge is -2.27. The van der Waals surface area contributed by atoms with Crippen molar-refractivity contribution in [1.29, 1.82) is 0 Å². The highest BCUT2D eigenvalue weighted by atomic mass is 16.2. The van der Waals surface area contributed by atoms with Gasteiger partial charge in [-0.2, -0.15) is 0 Å². The Kier molecular flexibility index (Phi) is 1.61. The van der Waals surface area contributed by atoms with Crippen molar-refractivity contribution in [3.8, 4) is 0 Å². The van der Waals surface area contributed by atoms with Crippen molar-refractivity contribution in [3.05, 3.63) is 35.4 Å². The summed E-state index contributed by atoms with van der Waals surface area (Å²) in [4.78, 5) is 11.1. The molecule has 1 aliphatic heterocycles. The summed E-state index contributed by atoms with van der Waals surface area (Å²) >= 11 is 0. The van der Waals surface area contributed by atoms with E-state index in [-0.39, 0.29) is 11.8 Å². The highest BCUT2D eigenvalue weighted by molar-refractivity contribution is 5.89. The summed E-state index contributed by atoms with van der Waals surface area (Å²) in [7, 11) is 0. The Morgan fingerprint density at radius 2 is 2.17 bits per heavy atom. The second-order valence-electron chi connectivity index (χ2n) is 3.15. The van der Waals surface area contributed by atoms with E-state index in [2.05, 4.69) is 5.32 Å². The number of amides is 1. The van der Waals surface area contributed by atoms with Crippen molar-refractivity contribution in [1.82, 2.24) is 5.32 Å². The number of carbonyl (C=O) groups is 1. The van der Waals surface area contributed by atoms with E-state index in [0.717, 1.165) is 6.54 Å². The number of rotatable bonds is 1. The molecule has 1 saturated heterocycles. The third kappa shape index (κ3) is 0.998. The van der Waals surface area contributed by atoms with Gasteiger partial charge in [0.05, 0.1) is 5.92 Å². The van der Waals surface area contributed by atoms with Gasteiger partial charge >= 0.3 is 0 Å². The molecular formula is C10H11NO. The van der Waals surface area contributed by atoms with E-state index in [1.807, 2.05) is 31.2 Å². The molecule has 1 fully saturated rings. The first-order valence-corrected chi connectivity index (χ1v) is 4.12. The number of aryl methyl sites for hydroxylation is 1. The Labute approximate surface area is 71.6 Å². The molecule has 1 heterocycles. The highest BCUT2D eigenvalue weighted by Gasteiger charge is 2.29. The zero-order valence-corrected chi connectivity index (χ0v) is 7.00. The number of hydrogen-bond acceptors (Lipinski definition) is 1. The van der Waals surface area contributed by atoms with Crippen LogP contribution in [0.3, 0.4) is 0 Å². The molecule has 0 radical (unpaired) electrons. The maximum atomic E-state index is 11.1. The lowest BCUT2D eigenvalue weighted by molar-refractivity contribution is -0.127. The van der Waals surface area contributed by atoms with E-state index in [0.29, 0.717) is 0 Å². The Bertz CT molecular complexity index is 319. The molecule has 1 aromatic rings. The molecule has 1 amide bonds. The SMILES string of the molecule is Cc1ccccc1C1CNC1=O. The van der Waals surface area contributed by atoms with E-state index in [4.69, 9.17) is 0 Å². The van der Waals surface area contributed by atoms with E-state index in [1.165, 1.54) is 11.1 Å². The first-order chi connectivity index (χ1) is 5.79. The molecule has 0 aromatic heterocycles. The van der Waals surface area contributed by atoms with Crippen LogP contribution < -0.4 is 5.32 Å². The molecule has 1 N–H and O–H groups in total. The summed E-state index contributed by atoms with van der Waals surface area (Å²) in [6.07, 6.45) is 0. The number of benzene rings is 1. The molecule has 0 saturated carbocycles. The van der Waals surface area contributed by atoms with Gasteiger partial charge in [0, 0.05) is 6.54 Å². The van der Waals surface area contributed by atoms with Gasteiger partial charge in [-0.05, 0) is 18.1 Å². The van der Waals surface area contributed by atoms with Gasteiger partial charge < -0.3 is 5.32 Å². The Hall–Kier alpha value is -1.31. The highest BCUT2D eigenvalue weighted by Crippen LogP contribution is 2.23. The largest absolute Gasteiger partial charge is 0.354 e. The maximum Gasteiger partial charge on any atom is 0.229 e. The monoisotopic (exact) mass is 161 g/mol. The average molecular weight is 161 g/mol. The average Bonchev–Trinajstić information content (AvgIpc) is 2.06. The lowest BCUT2D eigenvalue weighted by atomic mass is 9.89. The normalized spacial score (nSPS) is 21.4. The summed E-state index contributed by atoms with van der Waals surface area (Å²) in [5, 5.41) is 2.75. The fourth-order valence-electron chi connectivity index (χ4n) is 1.52. The van der Waals surface area contributed by atoms with Crippen molar-refractivity contribution >= 4 is 5.91 Å². The third-order valence-corrected chi connectivity index (χ3v) is 2.36. The minimum Gasteiger partial charge on any atom is -0.354 e. The maximum absolute atomic E-state index is 11.1. The van der Waals surface area contributed by atoms with Gasteiger partial charge in [0.1, 0.15) is 0 Å². The van der Waals surface area contributed by atoms with Crippen LogP contribution in [0.2, 0.25) is 0 Å². The zero-order valence-electron chi connectivity index (χ0n) is 7.00. The fourth-order valence-corrected chi connectivity index (χ4v) is 1.52. The van der Waals surface area contributed by atoms with Gasteiger partial charge in [-0.1, -0.05) is 24.3 Å². The molecule has 0 bridgehead atoms. The van der Waals surface area contributed by atoms with Gasteiger partial charge in [-0.15, -0.1) is 0 Å². The second-order valence-corrected chi connectivity index (χ2v) is 3.15. The van der Waals surface area contributed by atoms with Gasteiger partial charge in [0.2, 0.25) is 5.91 Å². The standard InChI is InChI=1S/C10H11NO/c1-7-4-2-3-5-8(7)9-6-11-10(9)12/h2-5,9H,6H2,1H3,(H,11,12). The van der Waals surface area contributed by atoms with Gasteiger partial charge in [-0.3, -0.25) is 4.79 Å². The van der Waals surface area contributed by atoms with Gasteiger partial charge in [0.25, 0.3) is 0 Å². The Balaban J connectivity index is 2.33. The summed E-state index contributed by atoms with van der Waals surface area (Å²) in [6.45, 7) is 2.84. The van der Waals surface area contributed by atoms with Crippen molar-refractivity contribution in [2.45, 2.75) is 12.8 Å². The van der Waals surface area contributed by atoms with E-state index in [9.17, 15) is 4.79 Å². The number of carbonyl (C=O) groups excluding carboxylic acids is 1. The Morgan fingerprint density at radius 1 is 1.42 bits per heavy atom. The summed E-state index contributed by atoms with van der Waals surface area (Å²) < 4.78 is 0. The van der Waals surface area contributed by atoms with Crippen LogP contribution in [-0.4, -0.2) is 12.5 Å². The van der Waals surface area contributed by atoms with Crippen LogP contribution in [0.15, 0.2) is 24.3 Å². The van der Waals surface area contributed by atoms with Crippen LogP contribution in [0.4, 0.5) is 0 Å². The van der Waals surface area contributed by atoms with E-state index in [1.54, 1.807) is 0 Å². The van der Waals surface area contributed by atoms with Crippen molar-refractivity contribution in [2.24, 2.45) is 0 Å². The molecule has 1 aromatic carbocycles. The molecule has 1 unspecified atom stereocenters.